The highest BCUT2D eigenvalue weighted by molar-refractivity contribution is 4.96. The highest BCUT2D eigenvalue weighted by Crippen LogP contribution is 2.37. The van der Waals surface area contributed by atoms with Crippen molar-refractivity contribution in [2.45, 2.75) is 388 Å². The molecule has 4 saturated heterocycles. The van der Waals surface area contributed by atoms with Gasteiger partial charge in [-0.2, -0.15) is 0 Å². The third-order valence-electron chi connectivity index (χ3n) is 20.9. The first-order chi connectivity index (χ1) is 42.4. The Kier molecular flexibility index (Phi) is 41.0. The van der Waals surface area contributed by atoms with Gasteiger partial charge in [0.1, 0.15) is 30.5 Å². The van der Waals surface area contributed by atoms with E-state index in [1.165, 1.54) is 186 Å². The van der Waals surface area contributed by atoms with Gasteiger partial charge >= 0.3 is 0 Å². The zero-order valence-corrected chi connectivity index (χ0v) is 54.9. The minimum atomic E-state index is -1.57. The molecule has 4 aliphatic heterocycles. The summed E-state index contributed by atoms with van der Waals surface area (Å²) in [5.74, 6) is 0.334. The molecule has 18 nitrogen and oxygen atoms in total. The van der Waals surface area contributed by atoms with Gasteiger partial charge in [-0.05, 0) is 63.2 Å². The van der Waals surface area contributed by atoms with Crippen molar-refractivity contribution >= 4 is 0 Å². The Hall–Kier alpha value is -0.720. The molecule has 5 rings (SSSR count). The lowest BCUT2D eigenvalue weighted by Crippen LogP contribution is -2.59. The van der Waals surface area contributed by atoms with Crippen molar-refractivity contribution < 1.29 is 70.0 Å². The van der Waals surface area contributed by atoms with Crippen molar-refractivity contribution in [3.8, 4) is 0 Å². The highest BCUT2D eigenvalue weighted by atomic mass is 16.7. The van der Waals surface area contributed by atoms with E-state index < -0.39 is 92.1 Å². The molecule has 0 bridgehead atoms. The standard InChI is InChI=1S/C69H134N4O14/c1-3-5-7-9-11-13-15-17-19-25-29-33-37-58(75)62(78)53(49-86-69-67(83)66(82)65(81)61(47-74)87-69)56-45-52(70-72-56)36-32-28-24-22-21-23-27-31-35-50-39-41-51(42-40-50)55-46-57(73-71-55)54(48-85-68-64(80)60(77)43-44-84-68)63(79)59(76)38-34-30-26-20-18-16-14-12-10-8-6-4-2/h50-83H,3-49H2,1-2H3/t50?,51?,52?,53-,54-,55?,56?,57?,58-,59-,60?,61?,62+,63+,64?,65?,66?,67?,68?,69?/m1/s1. The number of hydrogen-bond acceptors (Lipinski definition) is 18. The van der Waals surface area contributed by atoms with Crippen LogP contribution in [0.4, 0.5) is 0 Å². The van der Waals surface area contributed by atoms with Crippen LogP contribution >= 0.6 is 0 Å². The van der Waals surface area contributed by atoms with E-state index in [0.29, 0.717) is 31.8 Å². The van der Waals surface area contributed by atoms with Gasteiger partial charge in [-0.1, -0.05) is 239 Å². The fourth-order valence-corrected chi connectivity index (χ4v) is 14.8. The Labute approximate surface area is 527 Å². The second kappa shape index (κ2) is 46.4. The van der Waals surface area contributed by atoms with E-state index in [9.17, 15) is 51.1 Å². The van der Waals surface area contributed by atoms with Crippen LogP contribution in [0.5, 0.6) is 0 Å². The van der Waals surface area contributed by atoms with Crippen LogP contribution in [-0.4, -0.2) is 175 Å². The maximum absolute atomic E-state index is 11.7. The summed E-state index contributed by atoms with van der Waals surface area (Å²) < 4.78 is 23.4. The largest absolute Gasteiger partial charge is 0.394 e. The maximum atomic E-state index is 11.7. The Bertz CT molecular complexity index is 1640. The molecule has 0 aromatic rings. The average Bonchev–Trinajstić information content (AvgIpc) is 3.90. The number of unbranched alkanes of at least 4 members (excludes halogenated alkanes) is 29. The molecule has 0 spiro atoms. The summed E-state index contributed by atoms with van der Waals surface area (Å²) in [6, 6.07) is 0.114. The van der Waals surface area contributed by atoms with E-state index in [4.69, 9.17) is 18.9 Å². The molecule has 5 fully saturated rings. The molecule has 18 heteroatoms. The predicted molar refractivity (Wildman–Crippen MR) is 343 cm³/mol. The summed E-state index contributed by atoms with van der Waals surface area (Å²) >= 11 is 0. The van der Waals surface area contributed by atoms with Crippen molar-refractivity contribution in [1.29, 1.82) is 0 Å². The quantitative estimate of drug-likeness (QED) is 0.0253. The number of ether oxygens (including phenoxy) is 4. The van der Waals surface area contributed by atoms with Gasteiger partial charge in [0.05, 0.1) is 56.9 Å². The normalized spacial score (nSPS) is 31.0. The zero-order chi connectivity index (χ0) is 62.4. The molecule has 0 aromatic heterocycles. The summed E-state index contributed by atoms with van der Waals surface area (Å²) in [6.07, 6.45) is 35.2. The van der Waals surface area contributed by atoms with Gasteiger partial charge < -0.3 is 70.0 Å². The van der Waals surface area contributed by atoms with Gasteiger partial charge in [-0.3, -0.25) is 21.7 Å². The van der Waals surface area contributed by atoms with Crippen LogP contribution in [0.1, 0.15) is 290 Å². The van der Waals surface area contributed by atoms with E-state index in [2.05, 4.69) is 35.6 Å². The first kappa shape index (κ1) is 77.0. The molecule has 0 aromatic carbocycles. The number of aliphatic hydroxyl groups is 10. The zero-order valence-electron chi connectivity index (χ0n) is 54.9. The monoisotopic (exact) mass is 1240 g/mol. The number of nitrogens with one attached hydrogen (secondary N) is 4. The van der Waals surface area contributed by atoms with Crippen molar-refractivity contribution in [2.75, 3.05) is 26.4 Å². The lowest BCUT2D eigenvalue weighted by molar-refractivity contribution is -0.305. The molecule has 87 heavy (non-hydrogen) atoms. The van der Waals surface area contributed by atoms with Gasteiger partial charge in [0.15, 0.2) is 12.6 Å². The van der Waals surface area contributed by atoms with E-state index in [-0.39, 0.29) is 37.4 Å². The van der Waals surface area contributed by atoms with Crippen molar-refractivity contribution in [1.82, 2.24) is 21.7 Å². The van der Waals surface area contributed by atoms with Crippen LogP contribution in [0.2, 0.25) is 0 Å². The topological polar surface area (TPSA) is 287 Å². The molecule has 0 radical (unpaired) electrons. The summed E-state index contributed by atoms with van der Waals surface area (Å²) in [5, 5.41) is 108. The number of hydrazine groups is 2. The Balaban J connectivity index is 0.933. The minimum Gasteiger partial charge on any atom is -0.394 e. The summed E-state index contributed by atoms with van der Waals surface area (Å²) in [6.45, 7) is 4.27. The molecular weight excluding hydrogens is 1110 g/mol. The summed E-state index contributed by atoms with van der Waals surface area (Å²) in [4.78, 5) is 0. The first-order valence-corrected chi connectivity index (χ1v) is 36.6. The van der Waals surface area contributed by atoms with Crippen LogP contribution < -0.4 is 21.7 Å². The van der Waals surface area contributed by atoms with Crippen molar-refractivity contribution in [3.05, 3.63) is 0 Å². The van der Waals surface area contributed by atoms with E-state index in [1.54, 1.807) is 0 Å². The molecule has 12 unspecified atom stereocenters. The molecule has 514 valence electrons. The van der Waals surface area contributed by atoms with Gasteiger partial charge in [0.2, 0.25) is 0 Å². The molecule has 5 aliphatic rings. The Morgan fingerprint density at radius 3 is 1.37 bits per heavy atom. The highest BCUT2D eigenvalue weighted by Gasteiger charge is 2.46. The first-order valence-electron chi connectivity index (χ1n) is 36.6. The van der Waals surface area contributed by atoms with Gasteiger partial charge in [-0.15, -0.1) is 0 Å². The van der Waals surface area contributed by atoms with Crippen LogP contribution in [0.25, 0.3) is 0 Å². The maximum Gasteiger partial charge on any atom is 0.186 e. The number of aliphatic hydroxyl groups excluding tert-OH is 10. The van der Waals surface area contributed by atoms with Crippen molar-refractivity contribution in [3.63, 3.8) is 0 Å². The summed E-state index contributed by atoms with van der Waals surface area (Å²) in [5.41, 5.74) is 13.9. The van der Waals surface area contributed by atoms with Crippen LogP contribution in [0.3, 0.4) is 0 Å². The van der Waals surface area contributed by atoms with E-state index in [1.807, 2.05) is 0 Å². The second-order valence-electron chi connectivity index (χ2n) is 28.0. The average molecular weight is 1240 g/mol. The fraction of sp³-hybridized carbons (Fsp3) is 1.00. The summed E-state index contributed by atoms with van der Waals surface area (Å²) in [7, 11) is 0. The molecule has 18 atom stereocenters. The van der Waals surface area contributed by atoms with Crippen molar-refractivity contribution in [2.24, 2.45) is 23.7 Å². The molecule has 1 aliphatic carbocycles. The third-order valence-corrected chi connectivity index (χ3v) is 20.9. The molecule has 14 N–H and O–H groups in total. The van der Waals surface area contributed by atoms with Gasteiger partial charge in [0, 0.05) is 36.0 Å². The minimum absolute atomic E-state index is 0.0684. The number of hydrogen-bond donors (Lipinski definition) is 14. The number of rotatable bonds is 51. The van der Waals surface area contributed by atoms with Gasteiger partial charge in [-0.25, -0.2) is 0 Å². The van der Waals surface area contributed by atoms with E-state index >= 15 is 0 Å². The third kappa shape index (κ3) is 29.2. The fourth-order valence-electron chi connectivity index (χ4n) is 14.8. The SMILES string of the molecule is CCCCCCCCCCCCCC[C@@H](O)[C@@H](O)[C@H](COC1OC(CO)C(O)C(O)C1O)C1CC(CCCCCCCCCCC2CCC(C3CC([C@@H](COC4OCCC(O)C4O)[C@H](O)[C@H](O)CCCCCCCCCCCCCC)NN3)CC2)NN1. The van der Waals surface area contributed by atoms with E-state index in [0.717, 1.165) is 76.5 Å². The molecule has 0 amide bonds. The molecule has 1 saturated carbocycles. The second-order valence-corrected chi connectivity index (χ2v) is 28.0. The lowest BCUT2D eigenvalue weighted by Gasteiger charge is -2.40. The van der Waals surface area contributed by atoms with Crippen LogP contribution in [-0.2, 0) is 18.9 Å². The molecular formula is C69H134N4O14. The predicted octanol–water partition coefficient (Wildman–Crippen LogP) is 9.32. The Morgan fingerprint density at radius 2 is 0.874 bits per heavy atom. The van der Waals surface area contributed by atoms with Crippen LogP contribution in [0, 0.1) is 23.7 Å². The smallest absolute Gasteiger partial charge is 0.186 e. The Morgan fingerprint density at radius 1 is 0.437 bits per heavy atom. The van der Waals surface area contributed by atoms with Gasteiger partial charge in [0.25, 0.3) is 0 Å². The lowest BCUT2D eigenvalue weighted by atomic mass is 9.75. The molecule has 4 heterocycles. The van der Waals surface area contributed by atoms with Crippen LogP contribution in [0.15, 0.2) is 0 Å².